The van der Waals surface area contributed by atoms with Crippen molar-refractivity contribution in [2.75, 3.05) is 42.1 Å². The molecule has 1 aliphatic heterocycles. The number of benzene rings is 1. The number of hydrogen-bond acceptors (Lipinski definition) is 6. The summed E-state index contributed by atoms with van der Waals surface area (Å²) in [6.45, 7) is 5.06. The lowest BCUT2D eigenvalue weighted by molar-refractivity contribution is 0.250. The topological polar surface area (TPSA) is 70.3 Å². The first-order chi connectivity index (χ1) is 13.3. The van der Waals surface area contributed by atoms with E-state index in [1.165, 1.54) is 11.3 Å². The Morgan fingerprint density at radius 1 is 0.852 bits per heavy atom. The summed E-state index contributed by atoms with van der Waals surface area (Å²) in [5.74, 6) is 0.589. The molecule has 1 saturated heterocycles. The molecule has 0 unspecified atom stereocenters. The molecule has 6 heteroatoms. The van der Waals surface area contributed by atoms with Gasteiger partial charge < -0.3 is 16.0 Å². The van der Waals surface area contributed by atoms with E-state index in [1.54, 1.807) is 18.6 Å². The van der Waals surface area contributed by atoms with Gasteiger partial charge in [0.2, 0.25) is 0 Å². The minimum Gasteiger partial charge on any atom is -0.384 e. The largest absolute Gasteiger partial charge is 0.384 e. The fraction of sp³-hybridized carbons (Fsp3) is 0.238. The van der Waals surface area contributed by atoms with Gasteiger partial charge in [0, 0.05) is 68.4 Å². The summed E-state index contributed by atoms with van der Waals surface area (Å²) in [6.07, 6.45) is 5.36. The number of rotatable bonds is 5. The van der Waals surface area contributed by atoms with E-state index in [-0.39, 0.29) is 0 Å². The van der Waals surface area contributed by atoms with Gasteiger partial charge in [0.1, 0.15) is 5.82 Å². The lowest BCUT2D eigenvalue weighted by Gasteiger charge is -2.36. The molecule has 3 N–H and O–H groups in total. The molecular formula is C21H24N6. The Morgan fingerprint density at radius 3 is 2.26 bits per heavy atom. The van der Waals surface area contributed by atoms with Gasteiger partial charge in [-0.05, 0) is 54.1 Å². The number of nitrogens with one attached hydrogen (secondary N) is 1. The fourth-order valence-corrected chi connectivity index (χ4v) is 3.37. The summed E-state index contributed by atoms with van der Waals surface area (Å²) in [5, 5.41) is 3.39. The second kappa shape index (κ2) is 8.05. The van der Waals surface area contributed by atoms with Crippen molar-refractivity contribution in [1.29, 1.82) is 0 Å². The smallest absolute Gasteiger partial charge is 0.123 e. The normalized spacial score (nSPS) is 14.9. The zero-order chi connectivity index (χ0) is 18.5. The van der Waals surface area contributed by atoms with Crippen LogP contribution in [-0.2, 0) is 6.54 Å². The van der Waals surface area contributed by atoms with Crippen LogP contribution in [0.4, 0.5) is 22.9 Å². The van der Waals surface area contributed by atoms with Gasteiger partial charge in [-0.1, -0.05) is 0 Å². The lowest BCUT2D eigenvalue weighted by Crippen LogP contribution is -2.45. The van der Waals surface area contributed by atoms with Crippen molar-refractivity contribution in [2.24, 2.45) is 0 Å². The number of nitrogens with zero attached hydrogens (tertiary/aromatic N) is 4. The first kappa shape index (κ1) is 17.3. The SMILES string of the molecule is Nc1cc(CN2CCN(c3ccc(Nc4ccncc4)cc3)CC2)ccn1. The Labute approximate surface area is 159 Å². The first-order valence-corrected chi connectivity index (χ1v) is 9.21. The second-order valence-corrected chi connectivity index (χ2v) is 6.76. The van der Waals surface area contributed by atoms with Gasteiger partial charge >= 0.3 is 0 Å². The maximum Gasteiger partial charge on any atom is 0.123 e. The highest BCUT2D eigenvalue weighted by Crippen LogP contribution is 2.22. The Hall–Kier alpha value is -3.12. The van der Waals surface area contributed by atoms with Crippen molar-refractivity contribution in [3.63, 3.8) is 0 Å². The van der Waals surface area contributed by atoms with E-state index in [1.807, 2.05) is 24.3 Å². The van der Waals surface area contributed by atoms with E-state index in [4.69, 9.17) is 5.73 Å². The van der Waals surface area contributed by atoms with E-state index in [9.17, 15) is 0 Å². The van der Waals surface area contributed by atoms with Crippen LogP contribution < -0.4 is 16.0 Å². The van der Waals surface area contributed by atoms with Crippen LogP contribution in [-0.4, -0.2) is 41.0 Å². The van der Waals surface area contributed by atoms with Crippen LogP contribution in [0, 0.1) is 0 Å². The molecule has 0 radical (unpaired) electrons. The summed E-state index contributed by atoms with van der Waals surface area (Å²) in [5.41, 5.74) is 10.4. The Kier molecular flexibility index (Phi) is 5.16. The van der Waals surface area contributed by atoms with Crippen molar-refractivity contribution < 1.29 is 0 Å². The van der Waals surface area contributed by atoms with Crippen molar-refractivity contribution in [2.45, 2.75) is 6.54 Å². The molecule has 27 heavy (non-hydrogen) atoms. The summed E-state index contributed by atoms with van der Waals surface area (Å²) in [4.78, 5) is 13.0. The molecule has 0 spiro atoms. The van der Waals surface area contributed by atoms with Gasteiger partial charge in [-0.2, -0.15) is 0 Å². The standard InChI is InChI=1S/C21H24N6/c22-21-15-17(5-10-24-21)16-26-11-13-27(14-12-26)20-3-1-18(2-4-20)25-19-6-8-23-9-7-19/h1-10,15H,11-14,16H2,(H2,22,24)(H,23,25). The lowest BCUT2D eigenvalue weighted by atomic mass is 10.2. The van der Waals surface area contributed by atoms with E-state index >= 15 is 0 Å². The molecule has 0 saturated carbocycles. The average Bonchev–Trinajstić information content (AvgIpc) is 2.70. The van der Waals surface area contributed by atoms with Crippen LogP contribution in [0.1, 0.15) is 5.56 Å². The zero-order valence-electron chi connectivity index (χ0n) is 15.3. The first-order valence-electron chi connectivity index (χ1n) is 9.21. The summed E-state index contributed by atoms with van der Waals surface area (Å²) >= 11 is 0. The predicted octanol–water partition coefficient (Wildman–Crippen LogP) is 3.12. The second-order valence-electron chi connectivity index (χ2n) is 6.76. The highest BCUT2D eigenvalue weighted by atomic mass is 15.3. The van der Waals surface area contributed by atoms with Crippen LogP contribution in [0.15, 0.2) is 67.1 Å². The molecule has 138 valence electrons. The highest BCUT2D eigenvalue weighted by molar-refractivity contribution is 5.62. The molecule has 1 fully saturated rings. The third-order valence-corrected chi connectivity index (χ3v) is 4.83. The molecule has 0 atom stereocenters. The number of aromatic nitrogens is 2. The Bertz CT molecular complexity index is 857. The molecule has 4 rings (SSSR count). The van der Waals surface area contributed by atoms with E-state index in [0.717, 1.165) is 44.1 Å². The zero-order valence-corrected chi connectivity index (χ0v) is 15.3. The van der Waals surface area contributed by atoms with Crippen LogP contribution in [0.3, 0.4) is 0 Å². The third-order valence-electron chi connectivity index (χ3n) is 4.83. The quantitative estimate of drug-likeness (QED) is 0.728. The monoisotopic (exact) mass is 360 g/mol. The fourth-order valence-electron chi connectivity index (χ4n) is 3.37. The van der Waals surface area contributed by atoms with E-state index in [0.29, 0.717) is 5.82 Å². The third kappa shape index (κ3) is 4.54. The average molecular weight is 360 g/mol. The van der Waals surface area contributed by atoms with Crippen LogP contribution >= 0.6 is 0 Å². The van der Waals surface area contributed by atoms with Gasteiger partial charge in [0.05, 0.1) is 0 Å². The predicted molar refractivity (Wildman–Crippen MR) is 110 cm³/mol. The molecule has 3 aromatic rings. The summed E-state index contributed by atoms with van der Waals surface area (Å²) in [7, 11) is 0. The Balaban J connectivity index is 1.31. The van der Waals surface area contributed by atoms with Gasteiger partial charge in [-0.3, -0.25) is 9.88 Å². The van der Waals surface area contributed by atoms with Crippen LogP contribution in [0.5, 0.6) is 0 Å². The maximum absolute atomic E-state index is 5.78. The summed E-state index contributed by atoms with van der Waals surface area (Å²) in [6, 6.07) is 16.5. The number of piperazine rings is 1. The number of nitrogens with two attached hydrogens (primary N) is 1. The van der Waals surface area contributed by atoms with Gasteiger partial charge in [-0.25, -0.2) is 4.98 Å². The number of anilines is 4. The highest BCUT2D eigenvalue weighted by Gasteiger charge is 2.17. The van der Waals surface area contributed by atoms with Crippen LogP contribution in [0.2, 0.25) is 0 Å². The Morgan fingerprint density at radius 2 is 1.56 bits per heavy atom. The molecule has 1 aromatic carbocycles. The molecule has 1 aliphatic rings. The number of nitrogen functional groups attached to an aromatic ring is 1. The number of hydrogen-bond donors (Lipinski definition) is 2. The van der Waals surface area contributed by atoms with Crippen molar-refractivity contribution in [3.05, 3.63) is 72.7 Å². The van der Waals surface area contributed by atoms with Crippen LogP contribution in [0.25, 0.3) is 0 Å². The van der Waals surface area contributed by atoms with Gasteiger partial charge in [-0.15, -0.1) is 0 Å². The van der Waals surface area contributed by atoms with E-state index < -0.39 is 0 Å². The maximum atomic E-state index is 5.78. The molecule has 6 nitrogen and oxygen atoms in total. The molecular weight excluding hydrogens is 336 g/mol. The van der Waals surface area contributed by atoms with Crippen molar-refractivity contribution >= 4 is 22.9 Å². The number of pyridine rings is 2. The molecule has 3 heterocycles. The van der Waals surface area contributed by atoms with Gasteiger partial charge in [0.15, 0.2) is 0 Å². The minimum atomic E-state index is 0.589. The molecule has 0 aliphatic carbocycles. The van der Waals surface area contributed by atoms with Gasteiger partial charge in [0.25, 0.3) is 0 Å². The summed E-state index contributed by atoms with van der Waals surface area (Å²) < 4.78 is 0. The molecule has 0 amide bonds. The molecule has 2 aromatic heterocycles. The van der Waals surface area contributed by atoms with E-state index in [2.05, 4.69) is 49.4 Å². The van der Waals surface area contributed by atoms with Crippen molar-refractivity contribution in [1.82, 2.24) is 14.9 Å². The molecule has 0 bridgehead atoms. The van der Waals surface area contributed by atoms with Crippen molar-refractivity contribution in [3.8, 4) is 0 Å². The minimum absolute atomic E-state index is 0.589.